The highest BCUT2D eigenvalue weighted by Crippen LogP contribution is 2.64. The van der Waals surface area contributed by atoms with Gasteiger partial charge in [-0.1, -0.05) is 13.3 Å². The van der Waals surface area contributed by atoms with Gasteiger partial charge in [0.05, 0.1) is 0 Å². The summed E-state index contributed by atoms with van der Waals surface area (Å²) in [7, 11) is 0. The molecule has 1 N–H and O–H groups in total. The maximum absolute atomic E-state index is 3.72. The predicted molar refractivity (Wildman–Crippen MR) is 63.8 cm³/mol. The summed E-state index contributed by atoms with van der Waals surface area (Å²) in [5.74, 6) is 3.32. The maximum atomic E-state index is 3.72. The number of hydrogen-bond donors (Lipinski definition) is 1. The Balaban J connectivity index is 1.67. The summed E-state index contributed by atoms with van der Waals surface area (Å²) in [6.45, 7) is 4.84. The summed E-state index contributed by atoms with van der Waals surface area (Å²) in [5, 5.41) is 3.72. The Morgan fingerprint density at radius 2 is 1.93 bits per heavy atom. The molecule has 0 aromatic carbocycles. The molecule has 0 amide bonds. The molecule has 3 fully saturated rings. The van der Waals surface area contributed by atoms with Crippen LogP contribution in [0.4, 0.5) is 0 Å². The van der Waals surface area contributed by atoms with Gasteiger partial charge >= 0.3 is 0 Å². The van der Waals surface area contributed by atoms with Crippen LogP contribution in [0.25, 0.3) is 0 Å². The summed E-state index contributed by atoms with van der Waals surface area (Å²) >= 11 is 0. The molecule has 0 saturated heterocycles. The Labute approximate surface area is 94.0 Å². The predicted octanol–water partition coefficient (Wildman–Crippen LogP) is 3.20. The van der Waals surface area contributed by atoms with Crippen LogP contribution in [-0.2, 0) is 0 Å². The second-order valence-corrected chi connectivity index (χ2v) is 6.26. The smallest absolute Gasteiger partial charge is 0.00132 e. The highest BCUT2D eigenvalue weighted by molar-refractivity contribution is 5.07. The zero-order chi connectivity index (χ0) is 10.3. The van der Waals surface area contributed by atoms with E-state index >= 15 is 0 Å². The van der Waals surface area contributed by atoms with E-state index in [9.17, 15) is 0 Å². The van der Waals surface area contributed by atoms with Crippen LogP contribution in [-0.4, -0.2) is 13.1 Å². The van der Waals surface area contributed by atoms with E-state index in [4.69, 9.17) is 0 Å². The Kier molecular flexibility index (Phi) is 2.54. The van der Waals surface area contributed by atoms with Crippen LogP contribution < -0.4 is 5.32 Å². The quantitative estimate of drug-likeness (QED) is 0.683. The molecule has 1 nitrogen and oxygen atoms in total. The van der Waals surface area contributed by atoms with Crippen LogP contribution in [0.2, 0.25) is 0 Å². The Hall–Kier alpha value is -0.0400. The van der Waals surface area contributed by atoms with Gasteiger partial charge in [-0.2, -0.15) is 0 Å². The van der Waals surface area contributed by atoms with E-state index in [1.54, 1.807) is 25.7 Å². The van der Waals surface area contributed by atoms with Crippen molar-refractivity contribution in [2.45, 2.75) is 51.9 Å². The molecule has 3 atom stereocenters. The Bertz CT molecular complexity index is 233. The Morgan fingerprint density at radius 3 is 2.47 bits per heavy atom. The van der Waals surface area contributed by atoms with Crippen molar-refractivity contribution in [1.29, 1.82) is 0 Å². The molecule has 0 heterocycles. The SMILES string of the molecule is CCCNCC1(C2CC2)CC2CCC1C2. The lowest BCUT2D eigenvalue weighted by Gasteiger charge is -2.38. The van der Waals surface area contributed by atoms with Crippen LogP contribution in [0.15, 0.2) is 0 Å². The second-order valence-electron chi connectivity index (χ2n) is 6.26. The third-order valence-electron chi connectivity index (χ3n) is 5.29. The topological polar surface area (TPSA) is 12.0 Å². The molecule has 3 aliphatic rings. The van der Waals surface area contributed by atoms with Crippen molar-refractivity contribution in [3.63, 3.8) is 0 Å². The molecular weight excluding hydrogens is 182 g/mol. The van der Waals surface area contributed by atoms with Gasteiger partial charge in [-0.25, -0.2) is 0 Å². The van der Waals surface area contributed by atoms with Crippen LogP contribution >= 0.6 is 0 Å². The first kappa shape index (κ1) is 10.1. The lowest BCUT2D eigenvalue weighted by Crippen LogP contribution is -2.40. The van der Waals surface area contributed by atoms with E-state index in [0.717, 1.165) is 23.2 Å². The number of nitrogens with one attached hydrogen (secondary N) is 1. The summed E-state index contributed by atoms with van der Waals surface area (Å²) in [6, 6.07) is 0. The summed E-state index contributed by atoms with van der Waals surface area (Å²) < 4.78 is 0. The number of hydrogen-bond acceptors (Lipinski definition) is 1. The van der Waals surface area contributed by atoms with Gasteiger partial charge in [0, 0.05) is 6.54 Å². The van der Waals surface area contributed by atoms with E-state index in [0.29, 0.717) is 0 Å². The van der Waals surface area contributed by atoms with Gasteiger partial charge in [0.25, 0.3) is 0 Å². The van der Waals surface area contributed by atoms with Crippen LogP contribution in [0.1, 0.15) is 51.9 Å². The molecule has 0 spiro atoms. The molecule has 3 aliphatic carbocycles. The summed E-state index contributed by atoms with van der Waals surface area (Å²) in [4.78, 5) is 0. The van der Waals surface area contributed by atoms with Crippen LogP contribution in [0.3, 0.4) is 0 Å². The van der Waals surface area contributed by atoms with Gasteiger partial charge in [0.2, 0.25) is 0 Å². The third-order valence-corrected chi connectivity index (χ3v) is 5.29. The molecule has 86 valence electrons. The molecule has 15 heavy (non-hydrogen) atoms. The second kappa shape index (κ2) is 3.76. The van der Waals surface area contributed by atoms with Crippen molar-refractivity contribution in [2.24, 2.45) is 23.2 Å². The molecule has 3 unspecified atom stereocenters. The van der Waals surface area contributed by atoms with Gasteiger partial charge in [0.1, 0.15) is 0 Å². The van der Waals surface area contributed by atoms with Crippen molar-refractivity contribution in [1.82, 2.24) is 5.32 Å². The normalized spacial score (nSPS) is 43.8. The highest BCUT2D eigenvalue weighted by Gasteiger charge is 2.57. The molecule has 3 rings (SSSR count). The number of rotatable bonds is 5. The fourth-order valence-corrected chi connectivity index (χ4v) is 4.50. The lowest BCUT2D eigenvalue weighted by atomic mass is 9.69. The average molecular weight is 207 g/mol. The molecule has 0 aromatic heterocycles. The van der Waals surface area contributed by atoms with Gasteiger partial charge in [0.15, 0.2) is 0 Å². The third kappa shape index (κ3) is 1.63. The molecule has 0 aromatic rings. The lowest BCUT2D eigenvalue weighted by molar-refractivity contribution is 0.125. The van der Waals surface area contributed by atoms with E-state index in [1.165, 1.54) is 32.4 Å². The number of fused-ring (bicyclic) bond motifs is 2. The molecule has 1 heteroatoms. The fraction of sp³-hybridized carbons (Fsp3) is 1.00. The summed E-state index contributed by atoms with van der Waals surface area (Å²) in [5.41, 5.74) is 0.762. The standard InChI is InChI=1S/C14H25N/c1-2-7-15-10-14(12-5-6-12)9-11-3-4-13(14)8-11/h11-13,15H,2-10H2,1H3. The van der Waals surface area contributed by atoms with Crippen LogP contribution in [0.5, 0.6) is 0 Å². The van der Waals surface area contributed by atoms with Crippen molar-refractivity contribution in [3.05, 3.63) is 0 Å². The first-order valence-electron chi connectivity index (χ1n) is 7.06. The highest BCUT2D eigenvalue weighted by atomic mass is 14.9. The molecule has 0 radical (unpaired) electrons. The molecule has 0 aliphatic heterocycles. The monoisotopic (exact) mass is 207 g/mol. The first-order chi connectivity index (χ1) is 7.35. The van der Waals surface area contributed by atoms with Crippen molar-refractivity contribution < 1.29 is 0 Å². The zero-order valence-corrected chi connectivity index (χ0v) is 10.1. The molecular formula is C14H25N. The first-order valence-corrected chi connectivity index (χ1v) is 7.06. The van der Waals surface area contributed by atoms with Crippen molar-refractivity contribution in [3.8, 4) is 0 Å². The van der Waals surface area contributed by atoms with Gasteiger partial charge in [-0.05, 0) is 68.2 Å². The fourth-order valence-electron chi connectivity index (χ4n) is 4.50. The van der Waals surface area contributed by atoms with E-state index < -0.39 is 0 Å². The van der Waals surface area contributed by atoms with Crippen LogP contribution in [0, 0.1) is 23.2 Å². The maximum Gasteiger partial charge on any atom is 0.00132 e. The molecule has 2 bridgehead atoms. The van der Waals surface area contributed by atoms with E-state index in [2.05, 4.69) is 12.2 Å². The molecule has 3 saturated carbocycles. The van der Waals surface area contributed by atoms with Gasteiger partial charge in [-0.15, -0.1) is 0 Å². The minimum Gasteiger partial charge on any atom is -0.316 e. The largest absolute Gasteiger partial charge is 0.316 e. The van der Waals surface area contributed by atoms with Gasteiger partial charge < -0.3 is 5.32 Å². The minimum atomic E-state index is 0.762. The van der Waals surface area contributed by atoms with E-state index in [1.807, 2.05) is 0 Å². The average Bonchev–Trinajstić information content (AvgIpc) is 2.92. The minimum absolute atomic E-state index is 0.762. The van der Waals surface area contributed by atoms with Crippen molar-refractivity contribution in [2.75, 3.05) is 13.1 Å². The van der Waals surface area contributed by atoms with Crippen molar-refractivity contribution >= 4 is 0 Å². The Morgan fingerprint density at radius 1 is 1.13 bits per heavy atom. The van der Waals surface area contributed by atoms with E-state index in [-0.39, 0.29) is 0 Å². The summed E-state index contributed by atoms with van der Waals surface area (Å²) in [6.07, 6.45) is 10.6. The zero-order valence-electron chi connectivity index (χ0n) is 10.1. The van der Waals surface area contributed by atoms with Gasteiger partial charge in [-0.3, -0.25) is 0 Å².